The number of carbonyl (C=O) groups excluding carboxylic acids is 1. The number of anilines is 1. The smallest absolute Gasteiger partial charge is 0.339 e. The molecule has 18 heavy (non-hydrogen) atoms. The summed E-state index contributed by atoms with van der Waals surface area (Å²) in [5, 5.41) is 0. The number of ether oxygens (including phenoxy) is 1. The van der Waals surface area contributed by atoms with Crippen molar-refractivity contribution in [2.45, 2.75) is 6.42 Å². The van der Waals surface area contributed by atoms with E-state index in [1.807, 2.05) is 30.3 Å². The van der Waals surface area contributed by atoms with E-state index in [1.165, 1.54) is 7.11 Å². The van der Waals surface area contributed by atoms with Gasteiger partial charge in [-0.15, -0.1) is 0 Å². The van der Waals surface area contributed by atoms with Gasteiger partial charge < -0.3 is 10.5 Å². The second-order valence-electron chi connectivity index (χ2n) is 3.88. The monoisotopic (exact) mass is 242 g/mol. The largest absolute Gasteiger partial charge is 0.465 e. The van der Waals surface area contributed by atoms with Gasteiger partial charge in [0.2, 0.25) is 0 Å². The summed E-state index contributed by atoms with van der Waals surface area (Å²) in [6, 6.07) is 13.0. The number of aromatic nitrogens is 1. The molecule has 0 aliphatic rings. The van der Waals surface area contributed by atoms with Crippen LogP contribution < -0.4 is 5.73 Å². The molecule has 0 saturated heterocycles. The highest BCUT2D eigenvalue weighted by Crippen LogP contribution is 2.15. The van der Waals surface area contributed by atoms with Crippen molar-refractivity contribution in [3.05, 3.63) is 59.3 Å². The van der Waals surface area contributed by atoms with Gasteiger partial charge in [0.15, 0.2) is 0 Å². The van der Waals surface area contributed by atoms with Crippen LogP contribution >= 0.6 is 0 Å². The Kier molecular flexibility index (Phi) is 3.57. The van der Waals surface area contributed by atoms with Crippen LogP contribution in [0.15, 0.2) is 42.5 Å². The van der Waals surface area contributed by atoms with Crippen molar-refractivity contribution in [3.8, 4) is 0 Å². The van der Waals surface area contributed by atoms with E-state index in [9.17, 15) is 4.79 Å². The molecule has 4 heteroatoms. The first kappa shape index (κ1) is 12.1. The number of nitrogens with zero attached hydrogens (tertiary/aromatic N) is 1. The Morgan fingerprint density at radius 1 is 1.22 bits per heavy atom. The molecule has 0 unspecified atom stereocenters. The molecule has 2 aromatic rings. The van der Waals surface area contributed by atoms with E-state index in [-0.39, 0.29) is 0 Å². The topological polar surface area (TPSA) is 65.2 Å². The Morgan fingerprint density at radius 2 is 1.94 bits per heavy atom. The van der Waals surface area contributed by atoms with Crippen molar-refractivity contribution < 1.29 is 9.53 Å². The zero-order valence-electron chi connectivity index (χ0n) is 10.1. The highest BCUT2D eigenvalue weighted by Gasteiger charge is 2.13. The maximum Gasteiger partial charge on any atom is 0.339 e. The Morgan fingerprint density at radius 3 is 2.61 bits per heavy atom. The lowest BCUT2D eigenvalue weighted by molar-refractivity contribution is 0.0599. The van der Waals surface area contributed by atoms with Gasteiger partial charge in [0.25, 0.3) is 0 Å². The van der Waals surface area contributed by atoms with Crippen LogP contribution in [0, 0.1) is 0 Å². The number of benzene rings is 1. The van der Waals surface area contributed by atoms with Crippen molar-refractivity contribution in [3.63, 3.8) is 0 Å². The molecule has 1 heterocycles. The highest BCUT2D eigenvalue weighted by atomic mass is 16.5. The summed E-state index contributed by atoms with van der Waals surface area (Å²) in [4.78, 5) is 15.8. The Balaban J connectivity index is 2.36. The molecule has 0 spiro atoms. The van der Waals surface area contributed by atoms with Gasteiger partial charge in [-0.05, 0) is 17.7 Å². The Hall–Kier alpha value is -2.36. The van der Waals surface area contributed by atoms with Gasteiger partial charge in [-0.1, -0.05) is 30.3 Å². The first-order valence-electron chi connectivity index (χ1n) is 5.58. The number of pyridine rings is 1. The number of hydrogen-bond acceptors (Lipinski definition) is 4. The molecular weight excluding hydrogens is 228 g/mol. The summed E-state index contributed by atoms with van der Waals surface area (Å²) in [7, 11) is 1.35. The second kappa shape index (κ2) is 5.31. The summed E-state index contributed by atoms with van der Waals surface area (Å²) in [6.07, 6.45) is 0.552. The molecule has 0 saturated carbocycles. The molecule has 4 nitrogen and oxygen atoms in total. The standard InChI is InChI=1S/C14H14N2O2/c1-18-14(17)11-7-8-13(15)16-12(11)9-10-5-3-2-4-6-10/h2-8H,9H2,1H3,(H2,15,16). The van der Waals surface area contributed by atoms with E-state index in [0.717, 1.165) is 5.56 Å². The van der Waals surface area contributed by atoms with Crippen LogP contribution in [0.4, 0.5) is 5.82 Å². The fraction of sp³-hybridized carbons (Fsp3) is 0.143. The fourth-order valence-electron chi connectivity index (χ4n) is 1.74. The summed E-state index contributed by atoms with van der Waals surface area (Å²) >= 11 is 0. The lowest BCUT2D eigenvalue weighted by Gasteiger charge is -2.08. The third kappa shape index (κ3) is 2.66. The lowest BCUT2D eigenvalue weighted by atomic mass is 10.1. The minimum absolute atomic E-state index is 0.395. The van der Waals surface area contributed by atoms with E-state index in [2.05, 4.69) is 4.98 Å². The van der Waals surface area contributed by atoms with E-state index in [1.54, 1.807) is 12.1 Å². The summed E-state index contributed by atoms with van der Waals surface area (Å²) in [5.74, 6) is 0.00187. The molecule has 0 amide bonds. The molecule has 92 valence electrons. The van der Waals surface area contributed by atoms with Crippen LogP contribution in [-0.4, -0.2) is 18.1 Å². The van der Waals surface area contributed by atoms with E-state index < -0.39 is 5.97 Å². The van der Waals surface area contributed by atoms with E-state index in [0.29, 0.717) is 23.5 Å². The molecule has 2 N–H and O–H groups in total. The predicted molar refractivity (Wildman–Crippen MR) is 69.2 cm³/mol. The zero-order chi connectivity index (χ0) is 13.0. The van der Waals surface area contributed by atoms with Crippen LogP contribution in [0.2, 0.25) is 0 Å². The van der Waals surface area contributed by atoms with Gasteiger partial charge in [0.1, 0.15) is 5.82 Å². The van der Waals surface area contributed by atoms with Gasteiger partial charge in [-0.25, -0.2) is 9.78 Å². The molecule has 2 rings (SSSR count). The lowest BCUT2D eigenvalue weighted by Crippen LogP contribution is -2.09. The van der Waals surface area contributed by atoms with Crippen LogP contribution in [0.5, 0.6) is 0 Å². The van der Waals surface area contributed by atoms with Crippen molar-refractivity contribution in [1.29, 1.82) is 0 Å². The molecule has 0 aliphatic carbocycles. The number of methoxy groups -OCH3 is 1. The van der Waals surface area contributed by atoms with E-state index >= 15 is 0 Å². The average Bonchev–Trinajstić information content (AvgIpc) is 2.39. The molecule has 0 radical (unpaired) electrons. The quantitative estimate of drug-likeness (QED) is 0.836. The van der Waals surface area contributed by atoms with Crippen LogP contribution in [0.25, 0.3) is 0 Å². The van der Waals surface area contributed by atoms with Crippen molar-refractivity contribution in [2.24, 2.45) is 0 Å². The van der Waals surface area contributed by atoms with Gasteiger partial charge in [0, 0.05) is 6.42 Å². The molecule has 1 aromatic carbocycles. The fourth-order valence-corrected chi connectivity index (χ4v) is 1.74. The first-order chi connectivity index (χ1) is 8.70. The maximum atomic E-state index is 11.6. The van der Waals surface area contributed by atoms with Crippen LogP contribution in [-0.2, 0) is 11.2 Å². The molecule has 1 aromatic heterocycles. The SMILES string of the molecule is COC(=O)c1ccc(N)nc1Cc1ccccc1. The molecule has 0 atom stereocenters. The number of esters is 1. The molecule has 0 fully saturated rings. The second-order valence-corrected chi connectivity index (χ2v) is 3.88. The third-order valence-corrected chi connectivity index (χ3v) is 2.62. The predicted octanol–water partition coefficient (Wildman–Crippen LogP) is 2.04. The van der Waals surface area contributed by atoms with Crippen molar-refractivity contribution in [2.75, 3.05) is 12.8 Å². The summed E-state index contributed by atoms with van der Waals surface area (Å²) in [6.45, 7) is 0. The average molecular weight is 242 g/mol. The van der Waals surface area contributed by atoms with Crippen LogP contribution in [0.1, 0.15) is 21.6 Å². The Bertz CT molecular complexity index is 553. The van der Waals surface area contributed by atoms with Gasteiger partial charge in [-0.2, -0.15) is 0 Å². The number of rotatable bonds is 3. The minimum Gasteiger partial charge on any atom is -0.465 e. The first-order valence-corrected chi connectivity index (χ1v) is 5.58. The summed E-state index contributed by atoms with van der Waals surface area (Å²) in [5.41, 5.74) is 7.82. The number of nitrogen functional groups attached to an aromatic ring is 1. The normalized spacial score (nSPS) is 10.1. The van der Waals surface area contributed by atoms with Gasteiger partial charge in [-0.3, -0.25) is 0 Å². The maximum absolute atomic E-state index is 11.6. The Labute approximate surface area is 105 Å². The van der Waals surface area contributed by atoms with Gasteiger partial charge in [0.05, 0.1) is 18.4 Å². The number of hydrogen-bond donors (Lipinski definition) is 1. The summed E-state index contributed by atoms with van der Waals surface area (Å²) < 4.78 is 4.73. The number of carbonyl (C=O) groups is 1. The van der Waals surface area contributed by atoms with Crippen molar-refractivity contribution >= 4 is 11.8 Å². The van der Waals surface area contributed by atoms with Gasteiger partial charge >= 0.3 is 5.97 Å². The highest BCUT2D eigenvalue weighted by molar-refractivity contribution is 5.90. The molecule has 0 aliphatic heterocycles. The number of nitrogens with two attached hydrogens (primary N) is 1. The van der Waals surface area contributed by atoms with Crippen LogP contribution in [0.3, 0.4) is 0 Å². The van der Waals surface area contributed by atoms with E-state index in [4.69, 9.17) is 10.5 Å². The van der Waals surface area contributed by atoms with Crippen molar-refractivity contribution in [1.82, 2.24) is 4.98 Å². The third-order valence-electron chi connectivity index (χ3n) is 2.62. The molecule has 0 bridgehead atoms. The zero-order valence-corrected chi connectivity index (χ0v) is 10.1. The minimum atomic E-state index is -0.395. The molecular formula is C14H14N2O2.